The quantitative estimate of drug-likeness (QED) is 0.0799. The Morgan fingerprint density at radius 1 is 0.882 bits per heavy atom. The molecule has 0 bridgehead atoms. The Balaban J connectivity index is 2.79. The summed E-state index contributed by atoms with van der Waals surface area (Å²) in [7, 11) is 0. The largest absolute Gasteiger partial charge is 0.480 e. The normalized spacial score (nSPS) is 13.1. The molecule has 0 aliphatic rings. The van der Waals surface area contributed by atoms with Crippen LogP contribution in [0.2, 0.25) is 0 Å². The third kappa shape index (κ3) is 11.7. The Labute approximate surface area is 197 Å². The molecule has 12 N–H and O–H groups in total. The number of benzene rings is 1. The first-order chi connectivity index (χ1) is 16.1. The van der Waals surface area contributed by atoms with Crippen molar-refractivity contribution in [1.82, 2.24) is 21.3 Å². The van der Waals surface area contributed by atoms with Crippen LogP contribution in [0.3, 0.4) is 0 Å². The van der Waals surface area contributed by atoms with Gasteiger partial charge in [0.25, 0.3) is 0 Å². The number of nitrogens with two attached hydrogens (primary N) is 3. The summed E-state index contributed by atoms with van der Waals surface area (Å²) in [5.74, 6) is -2.66. The molecule has 0 aromatic heterocycles. The standard InChI is InChI=1S/C21H34N8O5/c22-14(8-4-10-26-20(23)24)17(30)29-16(12-13-6-2-1-3-7-13)18(31)28-15(19(32)33)9-5-11-27-21(25)34/h1-3,6-7,14-16H,4-5,8-12,22H2,(H,28,31)(H,29,30)(H,32,33)(H4,23,24,26)(H3,25,27,34)/t14-,15-,16+/m0/s1. The molecule has 0 fully saturated rings. The van der Waals surface area contributed by atoms with Crippen molar-refractivity contribution >= 4 is 29.8 Å². The zero-order chi connectivity index (χ0) is 25.5. The van der Waals surface area contributed by atoms with Crippen molar-refractivity contribution in [2.45, 2.75) is 50.2 Å². The third-order valence-electron chi connectivity index (χ3n) is 4.84. The van der Waals surface area contributed by atoms with Crippen LogP contribution in [0, 0.1) is 5.41 Å². The van der Waals surface area contributed by atoms with Gasteiger partial charge in [0.2, 0.25) is 11.8 Å². The van der Waals surface area contributed by atoms with E-state index in [9.17, 15) is 24.3 Å². The van der Waals surface area contributed by atoms with Crippen molar-refractivity contribution in [2.24, 2.45) is 17.2 Å². The Morgan fingerprint density at radius 2 is 1.47 bits per heavy atom. The number of amides is 4. The van der Waals surface area contributed by atoms with Gasteiger partial charge in [-0.25, -0.2) is 9.59 Å². The summed E-state index contributed by atoms with van der Waals surface area (Å²) in [5, 5.41) is 26.6. The molecule has 13 nitrogen and oxygen atoms in total. The molecule has 0 spiro atoms. The second kappa shape index (κ2) is 15.1. The zero-order valence-corrected chi connectivity index (χ0v) is 18.9. The van der Waals surface area contributed by atoms with Crippen LogP contribution in [0.5, 0.6) is 0 Å². The van der Waals surface area contributed by atoms with Crippen LogP contribution in [0.15, 0.2) is 30.3 Å². The fourth-order valence-electron chi connectivity index (χ4n) is 3.06. The monoisotopic (exact) mass is 478 g/mol. The first-order valence-electron chi connectivity index (χ1n) is 10.8. The molecule has 1 aromatic rings. The highest BCUT2D eigenvalue weighted by Crippen LogP contribution is 2.06. The van der Waals surface area contributed by atoms with Crippen molar-refractivity contribution in [1.29, 1.82) is 5.41 Å². The van der Waals surface area contributed by atoms with Crippen molar-refractivity contribution in [3.05, 3.63) is 35.9 Å². The predicted molar refractivity (Wildman–Crippen MR) is 126 cm³/mol. The van der Waals surface area contributed by atoms with Gasteiger partial charge in [0, 0.05) is 19.5 Å². The van der Waals surface area contributed by atoms with Gasteiger partial charge in [-0.3, -0.25) is 15.0 Å². The highest BCUT2D eigenvalue weighted by molar-refractivity contribution is 5.92. The van der Waals surface area contributed by atoms with E-state index in [0.29, 0.717) is 13.0 Å². The lowest BCUT2D eigenvalue weighted by atomic mass is 10.0. The van der Waals surface area contributed by atoms with Crippen LogP contribution in [0.4, 0.5) is 4.79 Å². The smallest absolute Gasteiger partial charge is 0.326 e. The topological polar surface area (TPSA) is 239 Å². The molecule has 0 unspecified atom stereocenters. The van der Waals surface area contributed by atoms with Crippen LogP contribution >= 0.6 is 0 Å². The minimum absolute atomic E-state index is 0.0516. The van der Waals surface area contributed by atoms with E-state index < -0.39 is 41.9 Å². The van der Waals surface area contributed by atoms with Gasteiger partial charge in [0.15, 0.2) is 5.96 Å². The van der Waals surface area contributed by atoms with Gasteiger partial charge in [-0.05, 0) is 31.2 Å². The summed E-state index contributed by atoms with van der Waals surface area (Å²) in [5.41, 5.74) is 16.9. The molecule has 0 aliphatic carbocycles. The Hall–Kier alpha value is -3.87. The molecular formula is C21H34N8O5. The van der Waals surface area contributed by atoms with Crippen LogP contribution in [0.1, 0.15) is 31.2 Å². The lowest BCUT2D eigenvalue weighted by Crippen LogP contribution is -2.55. The van der Waals surface area contributed by atoms with Gasteiger partial charge >= 0.3 is 12.0 Å². The van der Waals surface area contributed by atoms with Gasteiger partial charge in [0.05, 0.1) is 6.04 Å². The summed E-state index contributed by atoms with van der Waals surface area (Å²) < 4.78 is 0. The molecule has 3 atom stereocenters. The molecular weight excluding hydrogens is 444 g/mol. The van der Waals surface area contributed by atoms with Crippen molar-refractivity contribution in [3.8, 4) is 0 Å². The van der Waals surface area contributed by atoms with Crippen molar-refractivity contribution < 1.29 is 24.3 Å². The molecule has 0 heterocycles. The maximum atomic E-state index is 12.9. The molecule has 1 rings (SSSR count). The highest BCUT2D eigenvalue weighted by Gasteiger charge is 2.28. The number of carboxylic acid groups (broad SMARTS) is 1. The number of hydrogen-bond donors (Lipinski definition) is 9. The number of rotatable bonds is 15. The fraction of sp³-hybridized carbons (Fsp3) is 0.476. The lowest BCUT2D eigenvalue weighted by molar-refractivity contribution is -0.142. The third-order valence-corrected chi connectivity index (χ3v) is 4.84. The number of carbonyl (C=O) groups excluding carboxylic acids is 3. The second-order valence-corrected chi connectivity index (χ2v) is 7.67. The number of urea groups is 1. The van der Waals surface area contributed by atoms with E-state index >= 15 is 0 Å². The molecule has 0 saturated heterocycles. The van der Waals surface area contributed by atoms with Gasteiger partial charge in [-0.15, -0.1) is 0 Å². The summed E-state index contributed by atoms with van der Waals surface area (Å²) in [4.78, 5) is 47.9. The lowest BCUT2D eigenvalue weighted by Gasteiger charge is -2.23. The maximum Gasteiger partial charge on any atom is 0.326 e. The fourth-order valence-corrected chi connectivity index (χ4v) is 3.06. The second-order valence-electron chi connectivity index (χ2n) is 7.67. The molecule has 188 valence electrons. The van der Waals surface area contributed by atoms with Crippen molar-refractivity contribution in [2.75, 3.05) is 13.1 Å². The summed E-state index contributed by atoms with van der Waals surface area (Å²) >= 11 is 0. The number of carbonyl (C=O) groups is 4. The molecule has 1 aromatic carbocycles. The molecule has 13 heteroatoms. The van der Waals surface area contributed by atoms with E-state index in [1.807, 2.05) is 6.07 Å². The average molecular weight is 479 g/mol. The van der Waals surface area contributed by atoms with E-state index in [1.54, 1.807) is 24.3 Å². The summed E-state index contributed by atoms with van der Waals surface area (Å²) in [6.45, 7) is 0.529. The Morgan fingerprint density at radius 3 is 2.06 bits per heavy atom. The number of guanidine groups is 1. The maximum absolute atomic E-state index is 12.9. The number of nitrogens with one attached hydrogen (secondary N) is 5. The summed E-state index contributed by atoms with van der Waals surface area (Å²) in [6, 6.07) is 5.03. The van der Waals surface area contributed by atoms with Gasteiger partial charge in [-0.1, -0.05) is 30.3 Å². The van der Waals surface area contributed by atoms with Crippen LogP contribution in [-0.2, 0) is 20.8 Å². The first kappa shape index (κ1) is 28.2. The zero-order valence-electron chi connectivity index (χ0n) is 18.9. The first-order valence-corrected chi connectivity index (χ1v) is 10.8. The minimum atomic E-state index is -1.24. The van der Waals surface area contributed by atoms with Crippen LogP contribution < -0.4 is 38.5 Å². The number of hydrogen-bond acceptors (Lipinski definition) is 6. The average Bonchev–Trinajstić information content (AvgIpc) is 2.78. The van der Waals surface area contributed by atoms with E-state index in [2.05, 4.69) is 21.3 Å². The molecule has 0 aliphatic heterocycles. The van der Waals surface area contributed by atoms with Gasteiger partial charge < -0.3 is 43.6 Å². The van der Waals surface area contributed by atoms with Gasteiger partial charge in [0.1, 0.15) is 12.1 Å². The Bertz CT molecular complexity index is 836. The minimum Gasteiger partial charge on any atom is -0.480 e. The van der Waals surface area contributed by atoms with E-state index in [4.69, 9.17) is 22.6 Å². The molecule has 0 saturated carbocycles. The van der Waals surface area contributed by atoms with Crippen molar-refractivity contribution in [3.63, 3.8) is 0 Å². The predicted octanol–water partition coefficient (Wildman–Crippen LogP) is -1.68. The highest BCUT2D eigenvalue weighted by atomic mass is 16.4. The molecule has 34 heavy (non-hydrogen) atoms. The van der Waals surface area contributed by atoms with E-state index in [0.717, 1.165) is 5.56 Å². The number of carboxylic acids is 1. The Kier molecular flexibility index (Phi) is 12.5. The SMILES string of the molecule is N=C(N)NCCC[C@H](N)C(=O)N[C@H](Cc1ccccc1)C(=O)N[C@@H](CCCNC(N)=O)C(=O)O. The molecule has 0 radical (unpaired) electrons. The summed E-state index contributed by atoms with van der Waals surface area (Å²) in [6.07, 6.45) is 1.22. The van der Waals surface area contributed by atoms with Crippen LogP contribution in [0.25, 0.3) is 0 Å². The van der Waals surface area contributed by atoms with E-state index in [-0.39, 0.29) is 38.2 Å². The molecule has 4 amide bonds. The van der Waals surface area contributed by atoms with Crippen LogP contribution in [-0.4, -0.2) is 66.1 Å². The van der Waals surface area contributed by atoms with E-state index in [1.165, 1.54) is 0 Å². The van der Waals surface area contributed by atoms with Gasteiger partial charge in [-0.2, -0.15) is 0 Å². The number of primary amides is 1. The number of aliphatic carboxylic acids is 1.